The quantitative estimate of drug-likeness (QED) is 0.847. The molecular weight excluding hydrogens is 250 g/mol. The van der Waals surface area contributed by atoms with Gasteiger partial charge in [0, 0.05) is 38.3 Å². The number of carbonyl (C=O) groups excluding carboxylic acids is 1. The van der Waals surface area contributed by atoms with Gasteiger partial charge in [-0.15, -0.1) is 0 Å². The molecule has 4 nitrogen and oxygen atoms in total. The summed E-state index contributed by atoms with van der Waals surface area (Å²) >= 11 is 0. The molecule has 1 aromatic rings. The van der Waals surface area contributed by atoms with Crippen molar-refractivity contribution < 1.29 is 4.79 Å². The van der Waals surface area contributed by atoms with Gasteiger partial charge < -0.3 is 9.80 Å². The van der Waals surface area contributed by atoms with Gasteiger partial charge in [-0.2, -0.15) is 0 Å². The monoisotopic (exact) mass is 275 g/mol. The molecule has 0 saturated carbocycles. The maximum absolute atomic E-state index is 11.9. The third-order valence-corrected chi connectivity index (χ3v) is 4.15. The van der Waals surface area contributed by atoms with Gasteiger partial charge in [-0.3, -0.25) is 4.79 Å². The van der Waals surface area contributed by atoms with Gasteiger partial charge in [-0.25, -0.2) is 4.98 Å². The number of anilines is 1. The van der Waals surface area contributed by atoms with Crippen LogP contribution in [0.5, 0.6) is 0 Å². The summed E-state index contributed by atoms with van der Waals surface area (Å²) in [6, 6.07) is 4.30. The third kappa shape index (κ3) is 2.94. The number of likely N-dealkylation sites (tertiary alicyclic amines) is 1. The Balaban J connectivity index is 2.37. The van der Waals surface area contributed by atoms with Crippen LogP contribution < -0.4 is 4.90 Å². The smallest absolute Gasteiger partial charge is 0.219 e. The second-order valence-electron chi connectivity index (χ2n) is 5.31. The minimum atomic E-state index is 0.170. The average molecular weight is 275 g/mol. The van der Waals surface area contributed by atoms with E-state index in [-0.39, 0.29) is 11.9 Å². The number of hydrogen-bond donors (Lipinski definition) is 0. The van der Waals surface area contributed by atoms with E-state index in [2.05, 4.69) is 29.8 Å². The number of nitrogens with zero attached hydrogens (tertiary/aromatic N) is 3. The SMILES string of the molecule is CCN(CC)c1ncccc1[C@H]1CCCCN1C(C)=O. The Morgan fingerprint density at radius 3 is 2.80 bits per heavy atom. The summed E-state index contributed by atoms with van der Waals surface area (Å²) in [6.45, 7) is 8.70. The number of hydrogen-bond acceptors (Lipinski definition) is 3. The van der Waals surface area contributed by atoms with E-state index < -0.39 is 0 Å². The second kappa shape index (κ2) is 6.73. The van der Waals surface area contributed by atoms with Gasteiger partial charge in [-0.1, -0.05) is 6.07 Å². The molecule has 1 saturated heterocycles. The van der Waals surface area contributed by atoms with Gasteiger partial charge in [0.05, 0.1) is 6.04 Å². The van der Waals surface area contributed by atoms with E-state index in [1.165, 1.54) is 12.0 Å². The molecule has 20 heavy (non-hydrogen) atoms. The number of piperidine rings is 1. The molecule has 0 aromatic carbocycles. The standard InChI is InChI=1S/C16H25N3O/c1-4-18(5-2)16-14(9-8-11-17-16)15-10-6-7-12-19(15)13(3)20/h8-9,11,15H,4-7,10,12H2,1-3H3/t15-/m1/s1. The Hall–Kier alpha value is -1.58. The minimum Gasteiger partial charge on any atom is -0.357 e. The highest BCUT2D eigenvalue weighted by molar-refractivity contribution is 5.74. The summed E-state index contributed by atoms with van der Waals surface area (Å²) in [5, 5.41) is 0. The molecule has 1 fully saturated rings. The van der Waals surface area contributed by atoms with Crippen molar-refractivity contribution >= 4 is 11.7 Å². The van der Waals surface area contributed by atoms with Crippen molar-refractivity contribution in [1.29, 1.82) is 0 Å². The molecule has 0 bridgehead atoms. The van der Waals surface area contributed by atoms with E-state index in [4.69, 9.17) is 0 Å². The molecule has 2 heterocycles. The van der Waals surface area contributed by atoms with Gasteiger partial charge >= 0.3 is 0 Å². The fourth-order valence-electron chi connectivity index (χ4n) is 3.09. The fraction of sp³-hybridized carbons (Fsp3) is 0.625. The topological polar surface area (TPSA) is 36.4 Å². The molecule has 0 aliphatic carbocycles. The Bertz CT molecular complexity index is 457. The highest BCUT2D eigenvalue weighted by Crippen LogP contribution is 2.35. The average Bonchev–Trinajstić information content (AvgIpc) is 2.49. The van der Waals surface area contributed by atoms with Crippen LogP contribution in [0, 0.1) is 0 Å². The van der Waals surface area contributed by atoms with E-state index in [1.54, 1.807) is 6.92 Å². The summed E-state index contributed by atoms with van der Waals surface area (Å²) in [6.07, 6.45) is 5.18. The van der Waals surface area contributed by atoms with Crippen LogP contribution in [0.4, 0.5) is 5.82 Å². The van der Waals surface area contributed by atoms with Crippen molar-refractivity contribution in [2.45, 2.75) is 46.1 Å². The van der Waals surface area contributed by atoms with Crippen molar-refractivity contribution in [3.8, 4) is 0 Å². The Labute approximate surface area is 121 Å². The van der Waals surface area contributed by atoms with Crippen LogP contribution in [0.15, 0.2) is 18.3 Å². The zero-order valence-electron chi connectivity index (χ0n) is 12.8. The Morgan fingerprint density at radius 2 is 2.15 bits per heavy atom. The molecule has 1 aliphatic rings. The van der Waals surface area contributed by atoms with Crippen LogP contribution in [-0.4, -0.2) is 35.4 Å². The second-order valence-corrected chi connectivity index (χ2v) is 5.31. The molecule has 1 aromatic heterocycles. The van der Waals surface area contributed by atoms with Crippen LogP contribution in [0.25, 0.3) is 0 Å². The number of amides is 1. The lowest BCUT2D eigenvalue weighted by molar-refractivity contribution is -0.132. The van der Waals surface area contributed by atoms with E-state index >= 15 is 0 Å². The zero-order valence-corrected chi connectivity index (χ0v) is 12.8. The molecule has 0 unspecified atom stereocenters. The first-order valence-corrected chi connectivity index (χ1v) is 7.66. The predicted octanol–water partition coefficient (Wildman–Crippen LogP) is 3.00. The van der Waals surface area contributed by atoms with E-state index in [9.17, 15) is 4.79 Å². The van der Waals surface area contributed by atoms with E-state index in [1.807, 2.05) is 17.2 Å². The van der Waals surface area contributed by atoms with Crippen molar-refractivity contribution in [2.75, 3.05) is 24.5 Å². The molecule has 1 amide bonds. The van der Waals surface area contributed by atoms with Gasteiger partial charge in [0.15, 0.2) is 0 Å². The highest BCUT2D eigenvalue weighted by atomic mass is 16.2. The zero-order chi connectivity index (χ0) is 14.5. The molecule has 110 valence electrons. The van der Waals surface area contributed by atoms with Gasteiger partial charge in [0.25, 0.3) is 0 Å². The lowest BCUT2D eigenvalue weighted by atomic mass is 9.95. The summed E-state index contributed by atoms with van der Waals surface area (Å²) in [5.74, 6) is 1.21. The van der Waals surface area contributed by atoms with Crippen molar-refractivity contribution in [1.82, 2.24) is 9.88 Å². The Morgan fingerprint density at radius 1 is 1.40 bits per heavy atom. The van der Waals surface area contributed by atoms with E-state index in [0.717, 1.165) is 38.3 Å². The maximum Gasteiger partial charge on any atom is 0.219 e. The Kier molecular flexibility index (Phi) is 4.99. The largest absolute Gasteiger partial charge is 0.357 e. The van der Waals surface area contributed by atoms with Crippen LogP contribution >= 0.6 is 0 Å². The summed E-state index contributed by atoms with van der Waals surface area (Å²) in [5.41, 5.74) is 1.20. The van der Waals surface area contributed by atoms with Crippen molar-refractivity contribution in [3.63, 3.8) is 0 Å². The number of aromatic nitrogens is 1. The first-order chi connectivity index (χ1) is 9.69. The first kappa shape index (κ1) is 14.8. The first-order valence-electron chi connectivity index (χ1n) is 7.66. The lowest BCUT2D eigenvalue weighted by Gasteiger charge is -2.37. The highest BCUT2D eigenvalue weighted by Gasteiger charge is 2.28. The molecule has 1 atom stereocenters. The molecule has 4 heteroatoms. The summed E-state index contributed by atoms with van der Waals surface area (Å²) < 4.78 is 0. The van der Waals surface area contributed by atoms with Gasteiger partial charge in [0.1, 0.15) is 5.82 Å². The van der Waals surface area contributed by atoms with E-state index in [0.29, 0.717) is 0 Å². The minimum absolute atomic E-state index is 0.170. The van der Waals surface area contributed by atoms with Crippen molar-refractivity contribution in [2.24, 2.45) is 0 Å². The van der Waals surface area contributed by atoms with Crippen LogP contribution in [-0.2, 0) is 4.79 Å². The molecule has 0 N–H and O–H groups in total. The fourth-order valence-corrected chi connectivity index (χ4v) is 3.09. The third-order valence-electron chi connectivity index (χ3n) is 4.15. The maximum atomic E-state index is 11.9. The van der Waals surface area contributed by atoms with Gasteiger partial charge in [-0.05, 0) is 39.2 Å². The van der Waals surface area contributed by atoms with Crippen LogP contribution in [0.3, 0.4) is 0 Å². The number of pyridine rings is 1. The van der Waals surface area contributed by atoms with Crippen molar-refractivity contribution in [3.05, 3.63) is 23.9 Å². The molecule has 2 rings (SSSR count). The molecule has 0 spiro atoms. The summed E-state index contributed by atoms with van der Waals surface area (Å²) in [4.78, 5) is 20.7. The number of rotatable bonds is 4. The molecule has 0 radical (unpaired) electrons. The number of carbonyl (C=O) groups is 1. The molecule has 1 aliphatic heterocycles. The van der Waals surface area contributed by atoms with Crippen LogP contribution in [0.1, 0.15) is 51.6 Å². The summed E-state index contributed by atoms with van der Waals surface area (Å²) in [7, 11) is 0. The molecular formula is C16H25N3O. The predicted molar refractivity (Wildman–Crippen MR) is 81.8 cm³/mol. The van der Waals surface area contributed by atoms with Crippen LogP contribution in [0.2, 0.25) is 0 Å². The normalized spacial score (nSPS) is 18.9. The van der Waals surface area contributed by atoms with Gasteiger partial charge in [0.2, 0.25) is 5.91 Å². The lowest BCUT2D eigenvalue weighted by Crippen LogP contribution is -2.38.